The van der Waals surface area contributed by atoms with E-state index in [4.69, 9.17) is 9.47 Å². The molecule has 0 aromatic heterocycles. The molecule has 0 spiro atoms. The Balaban J connectivity index is 1.99. The Bertz CT molecular complexity index is 433. The topological polar surface area (TPSA) is 30.5 Å². The summed E-state index contributed by atoms with van der Waals surface area (Å²) in [5.74, 6) is 2.70. The number of hydrogen-bond acceptors (Lipinski definition) is 4. The maximum absolute atomic E-state index is 5.41. The zero-order valence-electron chi connectivity index (χ0n) is 13.4. The van der Waals surface area contributed by atoms with Gasteiger partial charge in [0.1, 0.15) is 0 Å². The molecule has 4 heteroatoms. The lowest BCUT2D eigenvalue weighted by atomic mass is 10.0. The van der Waals surface area contributed by atoms with E-state index < -0.39 is 0 Å². The number of benzene rings is 1. The number of nitrogens with one attached hydrogen (secondary N) is 1. The Morgan fingerprint density at radius 3 is 2.48 bits per heavy atom. The van der Waals surface area contributed by atoms with Crippen molar-refractivity contribution in [2.75, 3.05) is 27.0 Å². The SMILES string of the molecule is CNC(CSC1CCCCC1)c1ccc(OC)c(OC)c1. The quantitative estimate of drug-likeness (QED) is 0.824. The van der Waals surface area contributed by atoms with Crippen LogP contribution in [0.25, 0.3) is 0 Å². The van der Waals surface area contributed by atoms with Gasteiger partial charge in [0.05, 0.1) is 14.2 Å². The first-order valence-corrected chi connectivity index (χ1v) is 8.84. The van der Waals surface area contributed by atoms with Gasteiger partial charge in [-0.25, -0.2) is 0 Å². The lowest BCUT2D eigenvalue weighted by Crippen LogP contribution is -2.21. The van der Waals surface area contributed by atoms with E-state index in [1.807, 2.05) is 13.1 Å². The Morgan fingerprint density at radius 2 is 1.86 bits per heavy atom. The molecular weight excluding hydrogens is 282 g/mol. The van der Waals surface area contributed by atoms with Crippen LogP contribution in [0, 0.1) is 0 Å². The van der Waals surface area contributed by atoms with E-state index in [0.29, 0.717) is 6.04 Å². The molecule has 3 nitrogen and oxygen atoms in total. The fourth-order valence-electron chi connectivity index (χ4n) is 2.88. The van der Waals surface area contributed by atoms with Crippen LogP contribution in [-0.2, 0) is 0 Å². The zero-order chi connectivity index (χ0) is 15.1. The highest BCUT2D eigenvalue weighted by molar-refractivity contribution is 7.99. The van der Waals surface area contributed by atoms with Gasteiger partial charge in [0.2, 0.25) is 0 Å². The minimum Gasteiger partial charge on any atom is -0.493 e. The fraction of sp³-hybridized carbons (Fsp3) is 0.647. The molecule has 1 aliphatic rings. The van der Waals surface area contributed by atoms with Gasteiger partial charge in [-0.2, -0.15) is 11.8 Å². The molecule has 0 bridgehead atoms. The van der Waals surface area contributed by atoms with Gasteiger partial charge in [-0.1, -0.05) is 25.3 Å². The van der Waals surface area contributed by atoms with Crippen LogP contribution in [0.3, 0.4) is 0 Å². The van der Waals surface area contributed by atoms with E-state index in [2.05, 4.69) is 29.2 Å². The zero-order valence-corrected chi connectivity index (χ0v) is 14.2. The van der Waals surface area contributed by atoms with Crippen LogP contribution in [0.5, 0.6) is 11.5 Å². The van der Waals surface area contributed by atoms with Crippen LogP contribution in [0.4, 0.5) is 0 Å². The molecule has 0 radical (unpaired) electrons. The molecule has 1 aliphatic carbocycles. The van der Waals surface area contributed by atoms with E-state index in [9.17, 15) is 0 Å². The highest BCUT2D eigenvalue weighted by Crippen LogP contribution is 2.34. The Morgan fingerprint density at radius 1 is 1.14 bits per heavy atom. The Kier molecular flexibility index (Phi) is 6.71. The molecule has 21 heavy (non-hydrogen) atoms. The van der Waals surface area contributed by atoms with Crippen LogP contribution in [0.1, 0.15) is 43.7 Å². The van der Waals surface area contributed by atoms with Crippen molar-refractivity contribution >= 4 is 11.8 Å². The van der Waals surface area contributed by atoms with Crippen molar-refractivity contribution in [3.8, 4) is 11.5 Å². The molecule has 1 saturated carbocycles. The van der Waals surface area contributed by atoms with Crippen LogP contribution in [0.15, 0.2) is 18.2 Å². The van der Waals surface area contributed by atoms with E-state index in [-0.39, 0.29) is 0 Å². The standard InChI is InChI=1S/C17H27NO2S/c1-18-15(12-21-14-7-5-4-6-8-14)13-9-10-16(19-2)17(11-13)20-3/h9-11,14-15,18H,4-8,12H2,1-3H3. The van der Waals surface area contributed by atoms with E-state index in [0.717, 1.165) is 22.5 Å². The van der Waals surface area contributed by atoms with Crippen molar-refractivity contribution in [3.05, 3.63) is 23.8 Å². The van der Waals surface area contributed by atoms with Gasteiger partial charge in [0.15, 0.2) is 11.5 Å². The smallest absolute Gasteiger partial charge is 0.161 e. The molecule has 0 saturated heterocycles. The second-order valence-electron chi connectivity index (χ2n) is 5.55. The molecule has 2 rings (SSSR count). The second-order valence-corrected chi connectivity index (χ2v) is 6.88. The highest BCUT2D eigenvalue weighted by Gasteiger charge is 2.18. The van der Waals surface area contributed by atoms with Gasteiger partial charge in [-0.3, -0.25) is 0 Å². The van der Waals surface area contributed by atoms with Crippen molar-refractivity contribution in [1.82, 2.24) is 5.32 Å². The van der Waals surface area contributed by atoms with Gasteiger partial charge in [-0.15, -0.1) is 0 Å². The third kappa shape index (κ3) is 4.55. The molecule has 0 heterocycles. The largest absolute Gasteiger partial charge is 0.493 e. The minimum absolute atomic E-state index is 0.358. The lowest BCUT2D eigenvalue weighted by molar-refractivity contribution is 0.354. The van der Waals surface area contributed by atoms with Crippen molar-refractivity contribution < 1.29 is 9.47 Å². The van der Waals surface area contributed by atoms with Gasteiger partial charge in [0.25, 0.3) is 0 Å². The third-order valence-corrected chi connectivity index (χ3v) is 5.68. The molecule has 1 aromatic rings. The summed E-state index contributed by atoms with van der Waals surface area (Å²) in [5, 5.41) is 4.27. The number of hydrogen-bond donors (Lipinski definition) is 1. The molecular formula is C17H27NO2S. The summed E-state index contributed by atoms with van der Waals surface area (Å²) < 4.78 is 10.7. The van der Waals surface area contributed by atoms with Crippen LogP contribution < -0.4 is 14.8 Å². The van der Waals surface area contributed by atoms with E-state index >= 15 is 0 Å². The van der Waals surface area contributed by atoms with Gasteiger partial charge in [-0.05, 0) is 37.6 Å². The predicted octanol–water partition coefficient (Wildman–Crippen LogP) is 4.03. The summed E-state index contributed by atoms with van der Waals surface area (Å²) in [6.45, 7) is 0. The first-order chi connectivity index (χ1) is 10.3. The average molecular weight is 309 g/mol. The van der Waals surface area contributed by atoms with Crippen molar-refractivity contribution in [2.24, 2.45) is 0 Å². The Labute approximate surface area is 132 Å². The predicted molar refractivity (Wildman–Crippen MR) is 90.7 cm³/mol. The maximum atomic E-state index is 5.41. The van der Waals surface area contributed by atoms with Crippen molar-refractivity contribution in [2.45, 2.75) is 43.4 Å². The fourth-order valence-corrected chi connectivity index (χ4v) is 4.37. The van der Waals surface area contributed by atoms with Crippen LogP contribution >= 0.6 is 11.8 Å². The van der Waals surface area contributed by atoms with Crippen LogP contribution in [0.2, 0.25) is 0 Å². The molecule has 0 aliphatic heterocycles. The van der Waals surface area contributed by atoms with E-state index in [1.54, 1.807) is 14.2 Å². The maximum Gasteiger partial charge on any atom is 0.161 e. The molecule has 1 unspecified atom stereocenters. The Hall–Kier alpha value is -0.870. The van der Waals surface area contributed by atoms with Crippen molar-refractivity contribution in [1.29, 1.82) is 0 Å². The lowest BCUT2D eigenvalue weighted by Gasteiger charge is -2.24. The molecule has 118 valence electrons. The molecule has 0 amide bonds. The minimum atomic E-state index is 0.358. The van der Waals surface area contributed by atoms with Crippen LogP contribution in [-0.4, -0.2) is 32.3 Å². The normalized spacial score (nSPS) is 17.5. The number of thioether (sulfide) groups is 1. The molecule has 1 aromatic carbocycles. The highest BCUT2D eigenvalue weighted by atomic mass is 32.2. The van der Waals surface area contributed by atoms with E-state index in [1.165, 1.54) is 37.7 Å². The molecule has 1 N–H and O–H groups in total. The third-order valence-electron chi connectivity index (χ3n) is 4.21. The number of methoxy groups -OCH3 is 2. The first kappa shape index (κ1) is 16.5. The average Bonchev–Trinajstić information content (AvgIpc) is 2.56. The summed E-state index contributed by atoms with van der Waals surface area (Å²) in [4.78, 5) is 0. The summed E-state index contributed by atoms with van der Waals surface area (Å²) in [6, 6.07) is 6.56. The number of ether oxygens (including phenoxy) is 2. The van der Waals surface area contributed by atoms with Gasteiger partial charge < -0.3 is 14.8 Å². The molecule has 1 atom stereocenters. The second kappa shape index (κ2) is 8.54. The molecule has 1 fully saturated rings. The summed E-state index contributed by atoms with van der Waals surface area (Å²) in [7, 11) is 5.39. The summed E-state index contributed by atoms with van der Waals surface area (Å²) >= 11 is 2.11. The van der Waals surface area contributed by atoms with Gasteiger partial charge >= 0.3 is 0 Å². The summed E-state index contributed by atoms with van der Waals surface area (Å²) in [6.07, 6.45) is 6.98. The van der Waals surface area contributed by atoms with Crippen molar-refractivity contribution in [3.63, 3.8) is 0 Å². The first-order valence-electron chi connectivity index (χ1n) is 7.79. The monoisotopic (exact) mass is 309 g/mol. The summed E-state index contributed by atoms with van der Waals surface area (Å²) in [5.41, 5.74) is 1.26. The van der Waals surface area contributed by atoms with Gasteiger partial charge in [0, 0.05) is 17.0 Å². The number of rotatable bonds is 7.